The number of aliphatic carboxylic acids is 1. The van der Waals surface area contributed by atoms with Gasteiger partial charge in [0.05, 0.1) is 25.6 Å². The largest absolute Gasteiger partial charge is 0.480 e. The summed E-state index contributed by atoms with van der Waals surface area (Å²) < 4.78 is 9.63. The molecule has 0 aromatic rings. The van der Waals surface area contributed by atoms with E-state index in [1.54, 1.807) is 6.92 Å². The zero-order valence-corrected chi connectivity index (χ0v) is 16.9. The molecule has 3 N–H and O–H groups in total. The monoisotopic (exact) mass is 402 g/mol. The summed E-state index contributed by atoms with van der Waals surface area (Å²) in [5.74, 6) is -5.91. The fraction of sp³-hybridized carbons (Fsp3) is 0.722. The quantitative estimate of drug-likeness (QED) is 0.393. The third kappa shape index (κ3) is 9.33. The molecule has 28 heavy (non-hydrogen) atoms. The highest BCUT2D eigenvalue weighted by atomic mass is 16.5. The number of hydrogen-bond acceptors (Lipinski definition) is 7. The van der Waals surface area contributed by atoms with Crippen molar-refractivity contribution in [2.24, 2.45) is 11.8 Å². The summed E-state index contributed by atoms with van der Waals surface area (Å²) in [6.45, 7) is 8.02. The molecule has 0 saturated heterocycles. The average Bonchev–Trinajstić information content (AvgIpc) is 2.56. The van der Waals surface area contributed by atoms with Crippen LogP contribution in [0.3, 0.4) is 0 Å². The van der Waals surface area contributed by atoms with Gasteiger partial charge in [0.1, 0.15) is 12.1 Å². The van der Waals surface area contributed by atoms with Crippen LogP contribution in [0.2, 0.25) is 0 Å². The fourth-order valence-electron chi connectivity index (χ4n) is 2.52. The topological polar surface area (TPSA) is 148 Å². The standard InChI is InChI=1S/C18H30N2O8/c1-6-27-14(22)9-12(18(26)28-7-2)15(17(24)25)20-16(23)13(8-10(3)4)19-11(5)21/h10,12-13,15H,6-9H2,1-5H3,(H,19,21)(H,20,23)(H,24,25)/t12-,13-,15+/m0/s1. The fourth-order valence-corrected chi connectivity index (χ4v) is 2.52. The number of carbonyl (C=O) groups is 5. The Morgan fingerprint density at radius 1 is 0.964 bits per heavy atom. The van der Waals surface area contributed by atoms with E-state index in [-0.39, 0.29) is 25.6 Å². The van der Waals surface area contributed by atoms with Crippen LogP contribution in [0.25, 0.3) is 0 Å². The Kier molecular flexibility index (Phi) is 11.5. The van der Waals surface area contributed by atoms with E-state index in [4.69, 9.17) is 9.47 Å². The Labute approximate surface area is 164 Å². The summed E-state index contributed by atoms with van der Waals surface area (Å²) in [4.78, 5) is 59.7. The SMILES string of the molecule is CCOC(=O)C[C@H](C(=O)OCC)[C@@H](NC(=O)[C@H](CC(C)C)NC(C)=O)C(=O)O. The molecule has 2 amide bonds. The van der Waals surface area contributed by atoms with Gasteiger partial charge in [-0.05, 0) is 26.2 Å². The van der Waals surface area contributed by atoms with E-state index in [0.29, 0.717) is 0 Å². The van der Waals surface area contributed by atoms with Crippen LogP contribution in [0.15, 0.2) is 0 Å². The van der Waals surface area contributed by atoms with Gasteiger partial charge in [0.15, 0.2) is 0 Å². The number of carboxylic acid groups (broad SMARTS) is 1. The van der Waals surface area contributed by atoms with Gasteiger partial charge >= 0.3 is 17.9 Å². The van der Waals surface area contributed by atoms with Crippen molar-refractivity contribution in [2.45, 2.75) is 59.5 Å². The molecule has 0 unspecified atom stereocenters. The Morgan fingerprint density at radius 2 is 1.54 bits per heavy atom. The molecule has 10 nitrogen and oxygen atoms in total. The van der Waals surface area contributed by atoms with E-state index in [1.807, 2.05) is 13.8 Å². The van der Waals surface area contributed by atoms with Crippen molar-refractivity contribution in [3.05, 3.63) is 0 Å². The van der Waals surface area contributed by atoms with Gasteiger partial charge in [-0.2, -0.15) is 0 Å². The summed E-state index contributed by atoms with van der Waals surface area (Å²) in [6, 6.07) is -2.70. The molecule has 0 bridgehead atoms. The van der Waals surface area contributed by atoms with Crippen LogP contribution in [-0.4, -0.2) is 60.1 Å². The number of carboxylic acids is 1. The summed E-state index contributed by atoms with van der Waals surface area (Å²) in [6.07, 6.45) is -0.307. The molecule has 0 spiro atoms. The van der Waals surface area contributed by atoms with Crippen molar-refractivity contribution in [1.82, 2.24) is 10.6 Å². The molecule has 0 fully saturated rings. The number of nitrogens with one attached hydrogen (secondary N) is 2. The highest BCUT2D eigenvalue weighted by Gasteiger charge is 2.39. The Morgan fingerprint density at radius 3 is 1.96 bits per heavy atom. The van der Waals surface area contributed by atoms with Crippen LogP contribution in [0.1, 0.15) is 47.5 Å². The molecule has 160 valence electrons. The highest BCUT2D eigenvalue weighted by Crippen LogP contribution is 2.15. The first-order chi connectivity index (χ1) is 13.0. The minimum Gasteiger partial charge on any atom is -0.480 e. The first-order valence-electron chi connectivity index (χ1n) is 9.15. The van der Waals surface area contributed by atoms with Gasteiger partial charge in [0, 0.05) is 6.92 Å². The molecule has 0 rings (SSSR count). The number of esters is 2. The van der Waals surface area contributed by atoms with Crippen molar-refractivity contribution in [3.63, 3.8) is 0 Å². The Balaban J connectivity index is 5.59. The van der Waals surface area contributed by atoms with Crippen molar-refractivity contribution >= 4 is 29.7 Å². The smallest absolute Gasteiger partial charge is 0.327 e. The Bertz CT molecular complexity index is 576. The van der Waals surface area contributed by atoms with Crippen molar-refractivity contribution in [2.75, 3.05) is 13.2 Å². The van der Waals surface area contributed by atoms with Gasteiger partial charge in [-0.15, -0.1) is 0 Å². The Hall–Kier alpha value is -2.65. The van der Waals surface area contributed by atoms with Crippen LogP contribution < -0.4 is 10.6 Å². The van der Waals surface area contributed by atoms with Gasteiger partial charge in [-0.25, -0.2) is 4.79 Å². The predicted octanol–water partition coefficient (Wildman–Crippen LogP) is 0.239. The number of ether oxygens (including phenoxy) is 2. The predicted molar refractivity (Wildman–Crippen MR) is 98.0 cm³/mol. The zero-order valence-electron chi connectivity index (χ0n) is 16.9. The number of amides is 2. The number of carbonyl (C=O) groups excluding carboxylic acids is 4. The molecule has 0 aromatic carbocycles. The maximum Gasteiger partial charge on any atom is 0.327 e. The third-order valence-corrected chi connectivity index (χ3v) is 3.65. The number of rotatable bonds is 12. The molecule has 10 heteroatoms. The molecule has 0 aliphatic rings. The average molecular weight is 402 g/mol. The van der Waals surface area contributed by atoms with E-state index in [0.717, 1.165) is 0 Å². The first-order valence-corrected chi connectivity index (χ1v) is 9.15. The normalized spacial score (nSPS) is 13.8. The second-order valence-electron chi connectivity index (χ2n) is 6.57. The maximum atomic E-state index is 12.6. The summed E-state index contributed by atoms with van der Waals surface area (Å²) in [7, 11) is 0. The molecule has 0 radical (unpaired) electrons. The summed E-state index contributed by atoms with van der Waals surface area (Å²) in [5, 5.41) is 14.2. The van der Waals surface area contributed by atoms with Gasteiger partial charge in [-0.1, -0.05) is 13.8 Å². The van der Waals surface area contributed by atoms with Gasteiger partial charge in [0.25, 0.3) is 0 Å². The molecule has 3 atom stereocenters. The molecular formula is C18H30N2O8. The van der Waals surface area contributed by atoms with Gasteiger partial charge in [-0.3, -0.25) is 19.2 Å². The second kappa shape index (κ2) is 12.7. The lowest BCUT2D eigenvalue weighted by molar-refractivity contribution is -0.160. The van der Waals surface area contributed by atoms with Gasteiger partial charge < -0.3 is 25.2 Å². The molecule has 0 saturated carbocycles. The molecular weight excluding hydrogens is 372 g/mol. The van der Waals surface area contributed by atoms with E-state index < -0.39 is 54.1 Å². The summed E-state index contributed by atoms with van der Waals surface area (Å²) in [5.41, 5.74) is 0. The minimum absolute atomic E-state index is 0.0275. The zero-order chi connectivity index (χ0) is 21.9. The van der Waals surface area contributed by atoms with E-state index in [2.05, 4.69) is 10.6 Å². The highest BCUT2D eigenvalue weighted by molar-refractivity contribution is 5.93. The van der Waals surface area contributed by atoms with E-state index in [9.17, 15) is 29.1 Å². The second-order valence-corrected chi connectivity index (χ2v) is 6.57. The van der Waals surface area contributed by atoms with Crippen molar-refractivity contribution in [3.8, 4) is 0 Å². The van der Waals surface area contributed by atoms with Crippen LogP contribution in [-0.2, 0) is 33.4 Å². The van der Waals surface area contributed by atoms with Gasteiger partial charge in [0.2, 0.25) is 11.8 Å². The van der Waals surface area contributed by atoms with Crippen LogP contribution >= 0.6 is 0 Å². The first kappa shape index (κ1) is 25.4. The van der Waals surface area contributed by atoms with Crippen LogP contribution in [0.4, 0.5) is 0 Å². The third-order valence-electron chi connectivity index (χ3n) is 3.65. The minimum atomic E-state index is -1.72. The lowest BCUT2D eigenvalue weighted by Gasteiger charge is -2.26. The van der Waals surface area contributed by atoms with Crippen molar-refractivity contribution in [1.29, 1.82) is 0 Å². The number of hydrogen-bond donors (Lipinski definition) is 3. The van der Waals surface area contributed by atoms with Crippen LogP contribution in [0, 0.1) is 11.8 Å². The summed E-state index contributed by atoms with van der Waals surface area (Å²) >= 11 is 0. The molecule has 0 aromatic heterocycles. The lowest BCUT2D eigenvalue weighted by atomic mass is 9.95. The molecule has 0 aliphatic carbocycles. The van der Waals surface area contributed by atoms with E-state index in [1.165, 1.54) is 13.8 Å². The molecule has 0 heterocycles. The van der Waals surface area contributed by atoms with Crippen molar-refractivity contribution < 1.29 is 38.6 Å². The van der Waals surface area contributed by atoms with Crippen LogP contribution in [0.5, 0.6) is 0 Å². The maximum absolute atomic E-state index is 12.6. The molecule has 0 aliphatic heterocycles. The van der Waals surface area contributed by atoms with E-state index >= 15 is 0 Å². The lowest BCUT2D eigenvalue weighted by Crippen LogP contribution is -2.55.